The third-order valence-electron chi connectivity index (χ3n) is 4.21. The summed E-state index contributed by atoms with van der Waals surface area (Å²) in [6.07, 6.45) is 1.57. The second-order valence-electron chi connectivity index (χ2n) is 6.87. The van der Waals surface area contributed by atoms with Gasteiger partial charge in [0.25, 0.3) is 5.91 Å². The average molecular weight is 432 g/mol. The Morgan fingerprint density at radius 1 is 1.03 bits per heavy atom. The second kappa shape index (κ2) is 9.24. The number of carbonyl (C=O) groups excluding carboxylic acids is 1. The third-order valence-corrected chi connectivity index (χ3v) is 5.36. The molecule has 0 radical (unpaired) electrons. The smallest absolute Gasteiger partial charge is 0.269 e. The Morgan fingerprint density at radius 2 is 1.69 bits per heavy atom. The van der Waals surface area contributed by atoms with Crippen LogP contribution in [-0.4, -0.2) is 28.8 Å². The molecule has 1 amide bonds. The van der Waals surface area contributed by atoms with E-state index in [2.05, 4.69) is 15.5 Å². The number of anilines is 1. The largest absolute Gasteiger partial charge is 0.497 e. The number of methoxy groups -OCH3 is 1. The first-order valence-electron chi connectivity index (χ1n) is 9.07. The summed E-state index contributed by atoms with van der Waals surface area (Å²) < 4.78 is 11.0. The zero-order chi connectivity index (χ0) is 20.9. The molecule has 0 saturated carbocycles. The van der Waals surface area contributed by atoms with Gasteiger partial charge in [-0.15, -0.1) is 10.2 Å². The van der Waals surface area contributed by atoms with Crippen molar-refractivity contribution >= 4 is 34.0 Å². The zero-order valence-corrected chi connectivity index (χ0v) is 18.0. The predicted octanol–water partition coefficient (Wildman–Crippen LogP) is 4.78. The summed E-state index contributed by atoms with van der Waals surface area (Å²) in [5.41, 5.74) is 0.104. The Labute approximate surface area is 178 Å². The van der Waals surface area contributed by atoms with Crippen molar-refractivity contribution in [3.8, 4) is 11.5 Å². The number of hydrogen-bond acceptors (Lipinski definition) is 6. The van der Waals surface area contributed by atoms with Crippen LogP contribution in [-0.2, 0) is 17.6 Å². The maximum absolute atomic E-state index is 12.6. The first-order valence-corrected chi connectivity index (χ1v) is 10.3. The third kappa shape index (κ3) is 5.92. The second-order valence-corrected chi connectivity index (χ2v) is 8.37. The molecule has 0 aliphatic heterocycles. The summed E-state index contributed by atoms with van der Waals surface area (Å²) in [7, 11) is 1.65. The van der Waals surface area contributed by atoms with E-state index < -0.39 is 5.60 Å². The minimum atomic E-state index is -1.08. The van der Waals surface area contributed by atoms with Gasteiger partial charge in [-0.1, -0.05) is 35.1 Å². The molecule has 29 heavy (non-hydrogen) atoms. The van der Waals surface area contributed by atoms with Gasteiger partial charge in [0, 0.05) is 11.4 Å². The van der Waals surface area contributed by atoms with Crippen LogP contribution in [0, 0.1) is 0 Å². The number of hydrogen-bond donors (Lipinski definition) is 1. The molecule has 0 bridgehead atoms. The van der Waals surface area contributed by atoms with E-state index in [9.17, 15) is 4.79 Å². The van der Waals surface area contributed by atoms with Crippen LogP contribution in [0.25, 0.3) is 0 Å². The van der Waals surface area contributed by atoms with Crippen molar-refractivity contribution in [3.63, 3.8) is 0 Å². The van der Waals surface area contributed by atoms with Crippen LogP contribution in [0.4, 0.5) is 5.13 Å². The molecule has 3 aromatic rings. The molecule has 0 aliphatic carbocycles. The van der Waals surface area contributed by atoms with Crippen molar-refractivity contribution in [2.75, 3.05) is 12.4 Å². The quantitative estimate of drug-likeness (QED) is 0.555. The highest BCUT2D eigenvalue weighted by molar-refractivity contribution is 7.15. The van der Waals surface area contributed by atoms with Gasteiger partial charge in [0.2, 0.25) is 5.13 Å². The first kappa shape index (κ1) is 21.1. The Balaban J connectivity index is 1.55. The van der Waals surface area contributed by atoms with Gasteiger partial charge in [0.1, 0.15) is 16.5 Å². The van der Waals surface area contributed by atoms with E-state index in [0.717, 1.165) is 23.6 Å². The molecule has 1 N–H and O–H groups in total. The van der Waals surface area contributed by atoms with Crippen molar-refractivity contribution in [3.05, 3.63) is 64.1 Å². The molecule has 152 valence electrons. The van der Waals surface area contributed by atoms with Gasteiger partial charge < -0.3 is 9.47 Å². The Kier molecular flexibility index (Phi) is 6.71. The fourth-order valence-electron chi connectivity index (χ4n) is 2.54. The molecular formula is C21H22ClN3O3S. The van der Waals surface area contributed by atoms with Gasteiger partial charge in [0.05, 0.1) is 7.11 Å². The molecule has 1 heterocycles. The van der Waals surface area contributed by atoms with Crippen LogP contribution in [0.1, 0.15) is 24.4 Å². The maximum Gasteiger partial charge on any atom is 0.269 e. The molecule has 6 nitrogen and oxygen atoms in total. The monoisotopic (exact) mass is 431 g/mol. The van der Waals surface area contributed by atoms with Crippen molar-refractivity contribution in [2.24, 2.45) is 0 Å². The van der Waals surface area contributed by atoms with Crippen molar-refractivity contribution in [1.29, 1.82) is 0 Å². The molecular weight excluding hydrogens is 410 g/mol. The van der Waals surface area contributed by atoms with Crippen LogP contribution in [0.3, 0.4) is 0 Å². The first-order chi connectivity index (χ1) is 13.9. The highest BCUT2D eigenvalue weighted by Gasteiger charge is 2.31. The van der Waals surface area contributed by atoms with E-state index >= 15 is 0 Å². The van der Waals surface area contributed by atoms with E-state index in [1.54, 1.807) is 45.2 Å². The number of rotatable bonds is 8. The van der Waals surface area contributed by atoms with Crippen molar-refractivity contribution in [2.45, 2.75) is 32.3 Å². The number of ether oxygens (including phenoxy) is 2. The standard InChI is InChI=1S/C21H22ClN3O3S/c1-21(2,28-17-11-7-15(22)8-12-17)19(26)23-20-25-24-18(29-20)13-6-14-4-9-16(27-3)10-5-14/h4-5,7-12H,6,13H2,1-3H3,(H,23,25,26). The summed E-state index contributed by atoms with van der Waals surface area (Å²) in [5, 5.41) is 12.9. The molecule has 8 heteroatoms. The lowest BCUT2D eigenvalue weighted by Crippen LogP contribution is -2.42. The van der Waals surface area contributed by atoms with Crippen molar-refractivity contribution in [1.82, 2.24) is 10.2 Å². The molecule has 0 fully saturated rings. The van der Waals surface area contributed by atoms with E-state index in [0.29, 0.717) is 15.9 Å². The Bertz CT molecular complexity index is 956. The number of halogens is 1. The lowest BCUT2D eigenvalue weighted by molar-refractivity contribution is -0.128. The van der Waals surface area contributed by atoms with Gasteiger partial charge in [-0.25, -0.2) is 0 Å². The number of aromatic nitrogens is 2. The molecule has 0 saturated heterocycles. The number of aryl methyl sites for hydroxylation is 2. The lowest BCUT2D eigenvalue weighted by Gasteiger charge is -2.24. The minimum Gasteiger partial charge on any atom is -0.497 e. The number of benzene rings is 2. The molecule has 0 aliphatic rings. The zero-order valence-electron chi connectivity index (χ0n) is 16.4. The maximum atomic E-state index is 12.6. The topological polar surface area (TPSA) is 73.3 Å². The lowest BCUT2D eigenvalue weighted by atomic mass is 10.1. The molecule has 3 rings (SSSR count). The molecule has 1 aromatic heterocycles. The van der Waals surface area contributed by atoms with E-state index in [1.807, 2.05) is 24.3 Å². The van der Waals surface area contributed by atoms with Gasteiger partial charge in [0.15, 0.2) is 5.60 Å². The fraction of sp³-hybridized carbons (Fsp3) is 0.286. The SMILES string of the molecule is COc1ccc(CCc2nnc(NC(=O)C(C)(C)Oc3ccc(Cl)cc3)s2)cc1. The highest BCUT2D eigenvalue weighted by atomic mass is 35.5. The Morgan fingerprint density at radius 3 is 2.34 bits per heavy atom. The number of carbonyl (C=O) groups is 1. The highest BCUT2D eigenvalue weighted by Crippen LogP contribution is 2.24. The average Bonchev–Trinajstić information content (AvgIpc) is 3.15. The predicted molar refractivity (Wildman–Crippen MR) is 115 cm³/mol. The van der Waals surface area contributed by atoms with Gasteiger partial charge in [-0.05, 0) is 62.2 Å². The molecule has 0 spiro atoms. The fourth-order valence-corrected chi connectivity index (χ4v) is 3.40. The number of amides is 1. The summed E-state index contributed by atoms with van der Waals surface area (Å²) in [6.45, 7) is 3.39. The van der Waals surface area contributed by atoms with Crippen LogP contribution in [0.2, 0.25) is 5.02 Å². The molecule has 2 aromatic carbocycles. The molecule has 0 atom stereocenters. The van der Waals surface area contributed by atoms with Gasteiger partial charge in [-0.3, -0.25) is 10.1 Å². The summed E-state index contributed by atoms with van der Waals surface area (Å²) >= 11 is 7.24. The van der Waals surface area contributed by atoms with Crippen LogP contribution < -0.4 is 14.8 Å². The van der Waals surface area contributed by atoms with Crippen molar-refractivity contribution < 1.29 is 14.3 Å². The summed E-state index contributed by atoms with van der Waals surface area (Å²) in [4.78, 5) is 12.6. The van der Waals surface area contributed by atoms with Crippen LogP contribution in [0.15, 0.2) is 48.5 Å². The van der Waals surface area contributed by atoms with Gasteiger partial charge in [-0.2, -0.15) is 0 Å². The normalized spacial score (nSPS) is 11.2. The summed E-state index contributed by atoms with van der Waals surface area (Å²) in [6, 6.07) is 14.8. The van der Waals surface area contributed by atoms with Gasteiger partial charge >= 0.3 is 0 Å². The minimum absolute atomic E-state index is 0.301. The molecule has 0 unspecified atom stereocenters. The Hall–Kier alpha value is -2.64. The van der Waals surface area contributed by atoms with E-state index in [4.69, 9.17) is 21.1 Å². The van der Waals surface area contributed by atoms with Crippen LogP contribution in [0.5, 0.6) is 11.5 Å². The van der Waals surface area contributed by atoms with E-state index in [1.165, 1.54) is 16.9 Å². The summed E-state index contributed by atoms with van der Waals surface area (Å²) in [5.74, 6) is 1.09. The number of nitrogens with zero attached hydrogens (tertiary/aromatic N) is 2. The number of nitrogens with one attached hydrogen (secondary N) is 1. The van der Waals surface area contributed by atoms with E-state index in [-0.39, 0.29) is 5.91 Å². The van der Waals surface area contributed by atoms with Crippen LogP contribution >= 0.6 is 22.9 Å².